The Kier molecular flexibility index (Phi) is 9.18. The largest absolute Gasteiger partial charge is 0.497 e. The van der Waals surface area contributed by atoms with Crippen molar-refractivity contribution in [3.05, 3.63) is 80.9 Å². The molecule has 6 rings (SSSR count). The van der Waals surface area contributed by atoms with E-state index in [-0.39, 0.29) is 17.4 Å². The molecule has 1 amide bonds. The molecule has 0 saturated carbocycles. The highest BCUT2D eigenvalue weighted by atomic mass is 35.5. The number of likely N-dealkylation sites (N-methyl/N-ethyl adjacent to an activating group) is 1. The van der Waals surface area contributed by atoms with Crippen molar-refractivity contribution < 1.29 is 17.9 Å². The number of aryl methyl sites for hydroxylation is 1. The van der Waals surface area contributed by atoms with Crippen molar-refractivity contribution in [2.24, 2.45) is 4.99 Å². The second-order valence-corrected chi connectivity index (χ2v) is 14.3. The summed E-state index contributed by atoms with van der Waals surface area (Å²) in [5.74, 6) is 0.0541. The number of fused-ring (bicyclic) bond motifs is 1. The van der Waals surface area contributed by atoms with Crippen LogP contribution in [0.3, 0.4) is 0 Å². The van der Waals surface area contributed by atoms with E-state index in [9.17, 15) is 18.0 Å². The molecule has 17 heteroatoms. The summed E-state index contributed by atoms with van der Waals surface area (Å²) in [5.41, 5.74) is 0.364. The van der Waals surface area contributed by atoms with Gasteiger partial charge in [-0.15, -0.1) is 16.6 Å². The summed E-state index contributed by atoms with van der Waals surface area (Å²) in [7, 11) is -1.13. The van der Waals surface area contributed by atoms with Crippen LogP contribution in [0, 0.1) is 6.92 Å². The van der Waals surface area contributed by atoms with Gasteiger partial charge in [-0.25, -0.2) is 27.9 Å². The number of aromatic nitrogens is 4. The quantitative estimate of drug-likeness (QED) is 0.250. The number of hydrazine groups is 1. The van der Waals surface area contributed by atoms with Crippen molar-refractivity contribution in [2.75, 3.05) is 46.9 Å². The molecular formula is C29H32ClN9O5S2. The van der Waals surface area contributed by atoms with Gasteiger partial charge >= 0.3 is 0 Å². The lowest BCUT2D eigenvalue weighted by molar-refractivity contribution is -0.132. The summed E-state index contributed by atoms with van der Waals surface area (Å²) >= 11 is 7.47. The van der Waals surface area contributed by atoms with Crippen LogP contribution in [0.15, 0.2) is 63.2 Å². The van der Waals surface area contributed by atoms with Crippen LogP contribution < -0.4 is 15.1 Å². The van der Waals surface area contributed by atoms with Gasteiger partial charge in [0.2, 0.25) is 5.78 Å². The van der Waals surface area contributed by atoms with E-state index in [0.29, 0.717) is 28.4 Å². The fraction of sp³-hybridized carbons (Fsp3) is 0.345. The molecule has 46 heavy (non-hydrogen) atoms. The number of methoxy groups -OCH3 is 1. The summed E-state index contributed by atoms with van der Waals surface area (Å²) in [5, 5.41) is 6.94. The number of nitrogens with one attached hydrogen (secondary N) is 2. The molecule has 0 radical (unpaired) electrons. The molecule has 2 fully saturated rings. The minimum Gasteiger partial charge on any atom is -0.497 e. The van der Waals surface area contributed by atoms with Gasteiger partial charge in [-0.05, 0) is 61.5 Å². The summed E-state index contributed by atoms with van der Waals surface area (Å²) in [6.07, 6.45) is 1.39. The molecule has 2 atom stereocenters. The van der Waals surface area contributed by atoms with Crippen molar-refractivity contribution >= 4 is 57.1 Å². The number of H-pyrrole nitrogens is 1. The van der Waals surface area contributed by atoms with Gasteiger partial charge in [0, 0.05) is 44.0 Å². The normalized spacial score (nSPS) is 19.9. The lowest BCUT2D eigenvalue weighted by atomic mass is 10.2. The van der Waals surface area contributed by atoms with Crippen molar-refractivity contribution in [1.29, 1.82) is 0 Å². The van der Waals surface area contributed by atoms with Crippen LogP contribution in [-0.4, -0.2) is 107 Å². The summed E-state index contributed by atoms with van der Waals surface area (Å²) in [4.78, 5) is 42.5. The number of aliphatic imine (C=N–C) groups is 1. The second kappa shape index (κ2) is 13.1. The van der Waals surface area contributed by atoms with Gasteiger partial charge in [0.05, 0.1) is 7.11 Å². The number of carbonyl (C=O) groups is 1. The standard InChI is InChI=1S/C29H32ClN9O5S2/c1-18-33-34-29-32-25(31-16-19-4-10-22(44-3)11-5-19)24(27(41)38(18)29)46(42,43)35-39-26(40)23(17-37-14-12-36(2)13-15-37)45-28(39)20-6-8-21(30)9-7-20/h4-11,16,23,28,35H,12-15,17H2,1-3H3,(H,32,34)/b31-16+. The number of sulfonamides is 1. The van der Waals surface area contributed by atoms with Crippen LogP contribution in [-0.2, 0) is 14.8 Å². The zero-order chi connectivity index (χ0) is 32.6. The van der Waals surface area contributed by atoms with E-state index in [2.05, 4.69) is 41.9 Å². The number of thioether (sulfide) groups is 1. The maximum atomic E-state index is 14.2. The third-order valence-corrected chi connectivity index (χ3v) is 10.8. The highest BCUT2D eigenvalue weighted by Gasteiger charge is 2.45. The molecule has 4 aromatic rings. The Labute approximate surface area is 274 Å². The maximum Gasteiger partial charge on any atom is 0.283 e. The van der Waals surface area contributed by atoms with E-state index in [4.69, 9.17) is 16.3 Å². The van der Waals surface area contributed by atoms with Crippen LogP contribution in [0.4, 0.5) is 5.82 Å². The third-order valence-electron chi connectivity index (χ3n) is 7.82. The average Bonchev–Trinajstić information content (AvgIpc) is 3.56. The first-order valence-electron chi connectivity index (χ1n) is 14.4. The van der Waals surface area contributed by atoms with Crippen molar-refractivity contribution in [2.45, 2.75) is 22.4 Å². The average molecular weight is 686 g/mol. The number of aromatic amines is 1. The molecular weight excluding hydrogens is 654 g/mol. The van der Waals surface area contributed by atoms with Crippen LogP contribution >= 0.6 is 23.4 Å². The molecule has 2 aliphatic rings. The van der Waals surface area contributed by atoms with Gasteiger partial charge < -0.3 is 9.64 Å². The van der Waals surface area contributed by atoms with E-state index in [1.807, 2.05) is 0 Å². The minimum atomic E-state index is -4.73. The number of rotatable bonds is 9. The number of nitrogens with zero attached hydrogens (tertiary/aromatic N) is 7. The van der Waals surface area contributed by atoms with Crippen molar-refractivity contribution in [3.8, 4) is 5.75 Å². The summed E-state index contributed by atoms with van der Waals surface area (Å²) in [6.45, 7) is 5.31. The first-order valence-corrected chi connectivity index (χ1v) is 17.2. The Bertz CT molecular complexity index is 1940. The van der Waals surface area contributed by atoms with Crippen LogP contribution in [0.1, 0.15) is 22.3 Å². The van der Waals surface area contributed by atoms with E-state index in [1.54, 1.807) is 55.6 Å². The zero-order valence-corrected chi connectivity index (χ0v) is 27.6. The number of benzene rings is 2. The maximum absolute atomic E-state index is 14.2. The van der Waals surface area contributed by atoms with Crippen molar-refractivity contribution in [1.82, 2.24) is 39.2 Å². The molecule has 2 unspecified atom stereocenters. The molecule has 2 aromatic heterocycles. The fourth-order valence-corrected chi connectivity index (χ4v) is 8.08. The van der Waals surface area contributed by atoms with E-state index in [0.717, 1.165) is 35.6 Å². The van der Waals surface area contributed by atoms with E-state index in [1.165, 1.54) is 24.9 Å². The topological polar surface area (TPSA) is 158 Å². The van der Waals surface area contributed by atoms with Gasteiger partial charge in [-0.1, -0.05) is 23.7 Å². The lowest BCUT2D eigenvalue weighted by Crippen LogP contribution is -2.50. The predicted octanol–water partition coefficient (Wildman–Crippen LogP) is 2.22. The summed E-state index contributed by atoms with van der Waals surface area (Å²) < 4.78 is 34.6. The second-order valence-electron chi connectivity index (χ2n) is 11.0. The SMILES string of the molecule is COc1ccc(/C=N/c2nc3[nH]nc(C)n3c(=O)c2S(=O)(=O)NN2C(=O)C(CN3CCN(C)CC3)SC2c2ccc(Cl)cc2)cc1. The van der Waals surface area contributed by atoms with Crippen LogP contribution in [0.5, 0.6) is 5.75 Å². The Morgan fingerprint density at radius 3 is 2.48 bits per heavy atom. The number of amides is 1. The highest BCUT2D eigenvalue weighted by molar-refractivity contribution is 8.01. The highest BCUT2D eigenvalue weighted by Crippen LogP contribution is 2.43. The van der Waals surface area contributed by atoms with Crippen molar-refractivity contribution in [3.63, 3.8) is 0 Å². The molecule has 2 aromatic carbocycles. The first kappa shape index (κ1) is 32.2. The number of hydrogen-bond acceptors (Lipinski definition) is 11. The Morgan fingerprint density at radius 2 is 1.80 bits per heavy atom. The molecule has 2 saturated heterocycles. The Hall–Kier alpha value is -3.80. The fourth-order valence-electron chi connectivity index (χ4n) is 5.25. The number of ether oxygens (including phenoxy) is 1. The predicted molar refractivity (Wildman–Crippen MR) is 175 cm³/mol. The number of hydrogen-bond donors (Lipinski definition) is 2. The number of piperazine rings is 1. The lowest BCUT2D eigenvalue weighted by Gasteiger charge is -2.33. The Morgan fingerprint density at radius 1 is 1.11 bits per heavy atom. The molecule has 0 aliphatic carbocycles. The third kappa shape index (κ3) is 6.54. The van der Waals surface area contributed by atoms with Crippen LogP contribution in [0.25, 0.3) is 5.78 Å². The zero-order valence-electron chi connectivity index (χ0n) is 25.3. The van der Waals surface area contributed by atoms with E-state index < -0.39 is 37.0 Å². The molecule has 14 nitrogen and oxygen atoms in total. The van der Waals surface area contributed by atoms with Gasteiger partial charge in [-0.2, -0.15) is 10.1 Å². The molecule has 0 spiro atoms. The van der Waals surface area contributed by atoms with Gasteiger partial charge in [0.15, 0.2) is 10.7 Å². The van der Waals surface area contributed by atoms with Gasteiger partial charge in [0.25, 0.3) is 21.5 Å². The molecule has 242 valence electrons. The monoisotopic (exact) mass is 685 g/mol. The smallest absolute Gasteiger partial charge is 0.283 e. The number of carbonyl (C=O) groups excluding carboxylic acids is 1. The molecule has 0 bridgehead atoms. The first-order chi connectivity index (χ1) is 22.0. The molecule has 2 aliphatic heterocycles. The molecule has 4 heterocycles. The van der Waals surface area contributed by atoms with Crippen LogP contribution in [0.2, 0.25) is 5.02 Å². The van der Waals surface area contributed by atoms with E-state index >= 15 is 0 Å². The van der Waals surface area contributed by atoms with Gasteiger partial charge in [-0.3, -0.25) is 14.5 Å². The number of halogens is 1. The summed E-state index contributed by atoms with van der Waals surface area (Å²) in [6, 6.07) is 13.7. The Balaban J connectivity index is 1.37. The minimum absolute atomic E-state index is 0.0161. The van der Waals surface area contributed by atoms with Gasteiger partial charge in [0.1, 0.15) is 22.2 Å². The molecule has 2 N–H and O–H groups in total.